The lowest BCUT2D eigenvalue weighted by atomic mass is 9.84. The Morgan fingerprint density at radius 3 is 2.12 bits per heavy atom. The number of esters is 1. The molecule has 0 radical (unpaired) electrons. The number of aliphatic hydroxyl groups excluding tert-OH is 2. The molecule has 11 nitrogen and oxygen atoms in total. The van der Waals surface area contributed by atoms with Crippen LogP contribution < -0.4 is 0 Å². The fraction of sp³-hybridized carbons (Fsp3) is 0.579. The molecule has 0 aromatic heterocycles. The molecule has 0 spiro atoms. The van der Waals surface area contributed by atoms with Crippen molar-refractivity contribution < 1.29 is 50.8 Å². The molecule has 0 amide bonds. The van der Waals surface area contributed by atoms with Gasteiger partial charge in [0, 0.05) is 19.4 Å². The maximum absolute atomic E-state index is 12.7. The number of hydrogen-bond donors (Lipinski definition) is 2. The van der Waals surface area contributed by atoms with Gasteiger partial charge in [-0.1, -0.05) is 30.3 Å². The molecule has 1 aliphatic rings. The minimum Gasteiger partial charge on any atom is -0.443 e. The zero-order chi connectivity index (χ0) is 24.5. The monoisotopic (exact) mass is 494 g/mol. The first kappa shape index (κ1) is 26.4. The molecule has 1 heterocycles. The number of benzene rings is 1. The molecule has 2 rings (SSSR count). The van der Waals surface area contributed by atoms with Crippen molar-refractivity contribution in [3.05, 3.63) is 35.9 Å². The van der Waals surface area contributed by atoms with Gasteiger partial charge in [-0.05, 0) is 12.5 Å². The first-order valence-corrected chi connectivity index (χ1v) is 13.3. The Hall–Kier alpha value is -1.90. The number of carbonyl (C=O) groups is 2. The third-order valence-electron chi connectivity index (χ3n) is 4.96. The van der Waals surface area contributed by atoms with Gasteiger partial charge in [0.1, 0.15) is 6.10 Å². The SMILES string of the molecule is CC(=O)O[C@@]1(C(C)=O)[C@@H](O)O[C@](CS(C)(=O)=O)(C(O)S(C)(=O)=O)[C@H]1OCc1ccccc1. The number of Topliss-reactive ketones (excluding diaryl/α,β-unsaturated/α-hetero) is 1. The van der Waals surface area contributed by atoms with Gasteiger partial charge >= 0.3 is 5.97 Å². The van der Waals surface area contributed by atoms with Crippen LogP contribution in [-0.2, 0) is 50.1 Å². The number of hydrogen-bond acceptors (Lipinski definition) is 11. The van der Waals surface area contributed by atoms with Crippen LogP contribution in [0, 0.1) is 0 Å². The van der Waals surface area contributed by atoms with E-state index in [1.54, 1.807) is 30.3 Å². The van der Waals surface area contributed by atoms with Crippen molar-refractivity contribution >= 4 is 31.4 Å². The Balaban J connectivity index is 2.77. The average Bonchev–Trinajstić information content (AvgIpc) is 2.86. The van der Waals surface area contributed by atoms with Crippen molar-refractivity contribution in [2.24, 2.45) is 0 Å². The zero-order valence-corrected chi connectivity index (χ0v) is 19.6. The Kier molecular flexibility index (Phi) is 7.54. The molecular weight excluding hydrogens is 468 g/mol. The summed E-state index contributed by atoms with van der Waals surface area (Å²) in [5.74, 6) is -3.23. The maximum Gasteiger partial charge on any atom is 0.303 e. The molecule has 1 aromatic rings. The molecule has 0 aliphatic carbocycles. The lowest BCUT2D eigenvalue weighted by molar-refractivity contribution is -0.211. The fourth-order valence-electron chi connectivity index (χ4n) is 3.78. The second kappa shape index (κ2) is 9.15. The predicted octanol–water partition coefficient (Wildman–Crippen LogP) is -1.04. The number of ether oxygens (including phenoxy) is 3. The lowest BCUT2D eigenvalue weighted by Crippen LogP contribution is -2.65. The van der Waals surface area contributed by atoms with E-state index in [9.17, 15) is 36.6 Å². The van der Waals surface area contributed by atoms with Crippen molar-refractivity contribution in [1.82, 2.24) is 0 Å². The van der Waals surface area contributed by atoms with Gasteiger partial charge in [-0.15, -0.1) is 0 Å². The highest BCUT2D eigenvalue weighted by Crippen LogP contribution is 2.47. The van der Waals surface area contributed by atoms with E-state index in [2.05, 4.69) is 0 Å². The number of sulfone groups is 2. The Bertz CT molecular complexity index is 1070. The van der Waals surface area contributed by atoms with E-state index in [4.69, 9.17) is 14.2 Å². The summed E-state index contributed by atoms with van der Waals surface area (Å²) in [6.45, 7) is 1.53. The largest absolute Gasteiger partial charge is 0.443 e. The van der Waals surface area contributed by atoms with Crippen molar-refractivity contribution in [3.63, 3.8) is 0 Å². The van der Waals surface area contributed by atoms with Crippen LogP contribution in [0.4, 0.5) is 0 Å². The lowest BCUT2D eigenvalue weighted by Gasteiger charge is -2.39. The van der Waals surface area contributed by atoms with E-state index in [0.717, 1.165) is 20.1 Å². The third-order valence-corrected chi connectivity index (χ3v) is 7.15. The highest BCUT2D eigenvalue weighted by molar-refractivity contribution is 7.92. The van der Waals surface area contributed by atoms with Crippen LogP contribution in [-0.4, -0.2) is 86.1 Å². The Labute approximate surface area is 186 Å². The van der Waals surface area contributed by atoms with Crippen LogP contribution in [0.1, 0.15) is 19.4 Å². The van der Waals surface area contributed by atoms with E-state index in [-0.39, 0.29) is 6.61 Å². The highest BCUT2D eigenvalue weighted by Gasteiger charge is 2.74. The van der Waals surface area contributed by atoms with Crippen molar-refractivity contribution in [2.45, 2.75) is 49.5 Å². The molecule has 32 heavy (non-hydrogen) atoms. The summed E-state index contributed by atoms with van der Waals surface area (Å²) in [6, 6.07) is 8.29. The second-order valence-electron chi connectivity index (χ2n) is 7.80. The summed E-state index contributed by atoms with van der Waals surface area (Å²) in [5, 5.41) is 21.4. The van der Waals surface area contributed by atoms with Crippen LogP contribution in [0.25, 0.3) is 0 Å². The number of carbonyl (C=O) groups excluding carboxylic acids is 2. The molecule has 13 heteroatoms. The topological polar surface area (TPSA) is 171 Å². The van der Waals surface area contributed by atoms with Gasteiger partial charge < -0.3 is 24.4 Å². The molecule has 1 aliphatic heterocycles. The normalized spacial score (nSPS) is 29.4. The minimum atomic E-state index is -4.44. The summed E-state index contributed by atoms with van der Waals surface area (Å²) < 4.78 is 65.2. The molecule has 0 saturated carbocycles. The first-order chi connectivity index (χ1) is 14.6. The van der Waals surface area contributed by atoms with Gasteiger partial charge in [0.05, 0.1) is 12.4 Å². The Morgan fingerprint density at radius 2 is 1.69 bits per heavy atom. The molecule has 180 valence electrons. The molecule has 2 N–H and O–H groups in total. The van der Waals surface area contributed by atoms with E-state index < -0.39 is 66.2 Å². The third kappa shape index (κ3) is 5.18. The van der Waals surface area contributed by atoms with Crippen molar-refractivity contribution in [1.29, 1.82) is 0 Å². The van der Waals surface area contributed by atoms with E-state index >= 15 is 0 Å². The first-order valence-electron chi connectivity index (χ1n) is 9.33. The van der Waals surface area contributed by atoms with E-state index in [1.807, 2.05) is 0 Å². The number of rotatable bonds is 9. The Morgan fingerprint density at radius 1 is 1.12 bits per heavy atom. The average molecular weight is 495 g/mol. The summed E-state index contributed by atoms with van der Waals surface area (Å²) in [7, 11) is -8.54. The fourth-order valence-corrected chi connectivity index (χ4v) is 6.07. The summed E-state index contributed by atoms with van der Waals surface area (Å²) in [6.07, 6.45) is -2.98. The quantitative estimate of drug-likeness (QED) is 0.402. The van der Waals surface area contributed by atoms with Crippen molar-refractivity contribution in [2.75, 3.05) is 18.3 Å². The van der Waals surface area contributed by atoms with Crippen LogP contribution >= 0.6 is 0 Å². The van der Waals surface area contributed by atoms with Gasteiger partial charge in [0.15, 0.2) is 36.5 Å². The van der Waals surface area contributed by atoms with Crippen LogP contribution in [0.3, 0.4) is 0 Å². The van der Waals surface area contributed by atoms with Gasteiger partial charge in [0.2, 0.25) is 11.9 Å². The van der Waals surface area contributed by atoms with Crippen LogP contribution in [0.2, 0.25) is 0 Å². The second-order valence-corrected chi connectivity index (χ2v) is 12.0. The molecule has 1 unspecified atom stereocenters. The van der Waals surface area contributed by atoms with Crippen LogP contribution in [0.5, 0.6) is 0 Å². The van der Waals surface area contributed by atoms with Gasteiger partial charge in [-0.3, -0.25) is 9.59 Å². The maximum atomic E-state index is 12.7. The highest BCUT2D eigenvalue weighted by atomic mass is 32.2. The predicted molar refractivity (Wildman–Crippen MR) is 111 cm³/mol. The number of aliphatic hydroxyl groups is 2. The van der Waals surface area contributed by atoms with Gasteiger partial charge in [-0.2, -0.15) is 0 Å². The smallest absolute Gasteiger partial charge is 0.303 e. The number of ketones is 1. The minimum absolute atomic E-state index is 0.320. The molecule has 0 bridgehead atoms. The van der Waals surface area contributed by atoms with Gasteiger partial charge in [0.25, 0.3) is 0 Å². The standard InChI is InChI=1S/C19H26O11S2/c1-12(20)19(29-13(2)21)15(28-10-14-8-6-5-7-9-14)18(30-16(19)22,11-31(3,24)25)17(23)32(4,26)27/h5-9,15-17,22-23H,10-11H2,1-4H3/t15-,16+,17?,18+,19-/m1/s1. The zero-order valence-electron chi connectivity index (χ0n) is 17.9. The molecule has 1 aromatic carbocycles. The summed E-state index contributed by atoms with van der Waals surface area (Å²) in [4.78, 5) is 24.5. The summed E-state index contributed by atoms with van der Waals surface area (Å²) >= 11 is 0. The molecule has 5 atom stereocenters. The van der Waals surface area contributed by atoms with E-state index in [0.29, 0.717) is 11.8 Å². The molecular formula is C19H26O11S2. The van der Waals surface area contributed by atoms with Crippen LogP contribution in [0.15, 0.2) is 30.3 Å². The van der Waals surface area contributed by atoms with Gasteiger partial charge in [-0.25, -0.2) is 16.8 Å². The molecule has 1 fully saturated rings. The summed E-state index contributed by atoms with van der Waals surface area (Å²) in [5.41, 5.74) is -7.37. The van der Waals surface area contributed by atoms with Crippen molar-refractivity contribution in [3.8, 4) is 0 Å². The van der Waals surface area contributed by atoms with E-state index in [1.165, 1.54) is 0 Å². The molecule has 1 saturated heterocycles.